The zero-order valence-corrected chi connectivity index (χ0v) is 12.7. The third-order valence-corrected chi connectivity index (χ3v) is 4.60. The fourth-order valence-electron chi connectivity index (χ4n) is 3.27. The molecule has 0 atom stereocenters. The molecule has 1 aliphatic carbocycles. The molecule has 2 aromatic heterocycles. The molecule has 2 heterocycles. The number of nitrogens with zero attached hydrogens (tertiary/aromatic N) is 3. The van der Waals surface area contributed by atoms with Crippen LogP contribution in [0, 0.1) is 6.92 Å². The van der Waals surface area contributed by atoms with E-state index in [-0.39, 0.29) is 0 Å². The van der Waals surface area contributed by atoms with Crippen LogP contribution in [0.4, 0.5) is 0 Å². The molecule has 0 saturated heterocycles. The van der Waals surface area contributed by atoms with Crippen LogP contribution in [0.2, 0.25) is 0 Å². The molecule has 0 aromatic carbocycles. The number of hydrogen-bond acceptors (Lipinski definition) is 3. The van der Waals surface area contributed by atoms with Crippen molar-refractivity contribution in [1.82, 2.24) is 20.1 Å². The fraction of sp³-hybridized carbons (Fsp3) is 0.625. The van der Waals surface area contributed by atoms with E-state index < -0.39 is 0 Å². The Kier molecular flexibility index (Phi) is 3.50. The van der Waals surface area contributed by atoms with Gasteiger partial charge in [-0.1, -0.05) is 19.3 Å². The summed E-state index contributed by atoms with van der Waals surface area (Å²) in [5.74, 6) is 0. The van der Waals surface area contributed by atoms with E-state index in [2.05, 4.69) is 28.4 Å². The van der Waals surface area contributed by atoms with Crippen LogP contribution >= 0.6 is 0 Å². The summed E-state index contributed by atoms with van der Waals surface area (Å²) in [5.41, 5.74) is 3.58. The molecule has 0 radical (unpaired) electrons. The molecule has 0 aliphatic heterocycles. The third-order valence-electron chi connectivity index (χ3n) is 4.60. The SMILES string of the molecule is Cc1nn(C)c2ncc(CNC3(C)CCCCC3)cc12. The van der Waals surface area contributed by atoms with Gasteiger partial charge in [-0.2, -0.15) is 5.10 Å². The Labute approximate surface area is 120 Å². The van der Waals surface area contributed by atoms with Crippen molar-refractivity contribution in [2.45, 2.75) is 58.0 Å². The number of hydrogen-bond donors (Lipinski definition) is 1. The summed E-state index contributed by atoms with van der Waals surface area (Å²) in [6, 6.07) is 2.23. The second kappa shape index (κ2) is 5.17. The smallest absolute Gasteiger partial charge is 0.157 e. The molecule has 2 aromatic rings. The van der Waals surface area contributed by atoms with Gasteiger partial charge in [0, 0.05) is 30.7 Å². The maximum atomic E-state index is 4.55. The molecule has 1 saturated carbocycles. The summed E-state index contributed by atoms with van der Waals surface area (Å²) in [6.45, 7) is 5.30. The predicted octanol–water partition coefficient (Wildman–Crippen LogP) is 3.09. The van der Waals surface area contributed by atoms with Crippen LogP contribution in [-0.2, 0) is 13.6 Å². The highest BCUT2D eigenvalue weighted by atomic mass is 15.3. The van der Waals surface area contributed by atoms with Crippen molar-refractivity contribution in [2.75, 3.05) is 0 Å². The van der Waals surface area contributed by atoms with E-state index in [1.807, 2.05) is 24.9 Å². The van der Waals surface area contributed by atoms with E-state index in [1.165, 1.54) is 43.1 Å². The molecular formula is C16H24N4. The minimum absolute atomic E-state index is 0.303. The normalized spacial score (nSPS) is 18.6. The Morgan fingerprint density at radius 3 is 2.80 bits per heavy atom. The summed E-state index contributed by atoms with van der Waals surface area (Å²) in [4.78, 5) is 4.55. The molecule has 4 heteroatoms. The first kappa shape index (κ1) is 13.6. The molecule has 0 unspecified atom stereocenters. The van der Waals surface area contributed by atoms with Gasteiger partial charge in [0.15, 0.2) is 5.65 Å². The van der Waals surface area contributed by atoms with E-state index in [9.17, 15) is 0 Å². The van der Waals surface area contributed by atoms with E-state index >= 15 is 0 Å². The van der Waals surface area contributed by atoms with E-state index in [0.29, 0.717) is 5.54 Å². The molecule has 1 aliphatic rings. The Hall–Kier alpha value is -1.42. The van der Waals surface area contributed by atoms with Gasteiger partial charge >= 0.3 is 0 Å². The summed E-state index contributed by atoms with van der Waals surface area (Å²) in [7, 11) is 1.95. The second-order valence-corrected chi connectivity index (χ2v) is 6.40. The summed E-state index contributed by atoms with van der Waals surface area (Å²) in [6.07, 6.45) is 8.64. The molecule has 0 spiro atoms. The van der Waals surface area contributed by atoms with Gasteiger partial charge in [0.2, 0.25) is 0 Å². The zero-order valence-electron chi connectivity index (χ0n) is 12.7. The van der Waals surface area contributed by atoms with Crippen LogP contribution in [0.25, 0.3) is 11.0 Å². The topological polar surface area (TPSA) is 42.7 Å². The first-order valence-corrected chi connectivity index (χ1v) is 7.61. The maximum Gasteiger partial charge on any atom is 0.157 e. The van der Waals surface area contributed by atoms with Gasteiger partial charge < -0.3 is 5.32 Å². The van der Waals surface area contributed by atoms with Crippen molar-refractivity contribution in [1.29, 1.82) is 0 Å². The van der Waals surface area contributed by atoms with Gasteiger partial charge in [-0.15, -0.1) is 0 Å². The van der Waals surface area contributed by atoms with Crippen molar-refractivity contribution in [3.63, 3.8) is 0 Å². The van der Waals surface area contributed by atoms with Crippen molar-refractivity contribution in [2.24, 2.45) is 7.05 Å². The Morgan fingerprint density at radius 1 is 1.30 bits per heavy atom. The Morgan fingerprint density at radius 2 is 2.05 bits per heavy atom. The van der Waals surface area contributed by atoms with E-state index in [0.717, 1.165) is 17.9 Å². The van der Waals surface area contributed by atoms with Gasteiger partial charge in [-0.05, 0) is 38.3 Å². The van der Waals surface area contributed by atoms with Crippen LogP contribution in [-0.4, -0.2) is 20.3 Å². The lowest BCUT2D eigenvalue weighted by atomic mass is 9.83. The van der Waals surface area contributed by atoms with Crippen molar-refractivity contribution >= 4 is 11.0 Å². The van der Waals surface area contributed by atoms with Crippen LogP contribution in [0.15, 0.2) is 12.3 Å². The Balaban J connectivity index is 1.76. The third kappa shape index (κ3) is 2.57. The van der Waals surface area contributed by atoms with E-state index in [1.54, 1.807) is 0 Å². The lowest BCUT2D eigenvalue weighted by molar-refractivity contribution is 0.252. The van der Waals surface area contributed by atoms with Crippen molar-refractivity contribution < 1.29 is 0 Å². The van der Waals surface area contributed by atoms with Crippen molar-refractivity contribution in [3.05, 3.63) is 23.5 Å². The predicted molar refractivity (Wildman–Crippen MR) is 81.6 cm³/mol. The average Bonchev–Trinajstić information content (AvgIpc) is 2.73. The number of aromatic nitrogens is 3. The molecule has 3 rings (SSSR count). The van der Waals surface area contributed by atoms with E-state index in [4.69, 9.17) is 0 Å². The Bertz CT molecular complexity index is 608. The monoisotopic (exact) mass is 272 g/mol. The molecule has 0 bridgehead atoms. The molecule has 20 heavy (non-hydrogen) atoms. The minimum Gasteiger partial charge on any atom is -0.307 e. The van der Waals surface area contributed by atoms with Crippen LogP contribution in [0.5, 0.6) is 0 Å². The second-order valence-electron chi connectivity index (χ2n) is 6.40. The largest absolute Gasteiger partial charge is 0.307 e. The highest BCUT2D eigenvalue weighted by Crippen LogP contribution is 2.28. The highest BCUT2D eigenvalue weighted by molar-refractivity contribution is 5.78. The maximum absolute atomic E-state index is 4.55. The summed E-state index contributed by atoms with van der Waals surface area (Å²) in [5, 5.41) is 9.33. The lowest BCUT2D eigenvalue weighted by Gasteiger charge is -2.34. The molecule has 1 fully saturated rings. The molecule has 0 amide bonds. The van der Waals surface area contributed by atoms with Crippen molar-refractivity contribution in [3.8, 4) is 0 Å². The quantitative estimate of drug-likeness (QED) is 0.933. The van der Waals surface area contributed by atoms with Crippen LogP contribution in [0.3, 0.4) is 0 Å². The summed E-state index contributed by atoms with van der Waals surface area (Å²) < 4.78 is 1.85. The van der Waals surface area contributed by atoms with Gasteiger partial charge in [0.05, 0.1) is 5.69 Å². The number of aryl methyl sites for hydroxylation is 2. The lowest BCUT2D eigenvalue weighted by Crippen LogP contribution is -2.43. The molecule has 108 valence electrons. The van der Waals surface area contributed by atoms with Gasteiger partial charge in [-0.3, -0.25) is 4.68 Å². The van der Waals surface area contributed by atoms with Crippen LogP contribution < -0.4 is 5.32 Å². The number of rotatable bonds is 3. The number of pyridine rings is 1. The molecular weight excluding hydrogens is 248 g/mol. The number of fused-ring (bicyclic) bond motifs is 1. The highest BCUT2D eigenvalue weighted by Gasteiger charge is 2.25. The minimum atomic E-state index is 0.303. The first-order valence-electron chi connectivity index (χ1n) is 7.61. The standard InChI is InChI=1S/C16H24N4/c1-12-14-9-13(10-17-15(14)20(3)19-12)11-18-16(2)7-5-4-6-8-16/h9-10,18H,4-8,11H2,1-3H3. The fourth-order valence-corrected chi connectivity index (χ4v) is 3.27. The average molecular weight is 272 g/mol. The molecule has 4 nitrogen and oxygen atoms in total. The number of nitrogens with one attached hydrogen (secondary N) is 1. The first-order chi connectivity index (χ1) is 9.57. The van der Waals surface area contributed by atoms with Crippen LogP contribution in [0.1, 0.15) is 50.3 Å². The van der Waals surface area contributed by atoms with Gasteiger partial charge in [-0.25, -0.2) is 4.98 Å². The van der Waals surface area contributed by atoms with Gasteiger partial charge in [0.1, 0.15) is 0 Å². The zero-order chi connectivity index (χ0) is 14.2. The summed E-state index contributed by atoms with van der Waals surface area (Å²) >= 11 is 0. The molecule has 1 N–H and O–H groups in total. The van der Waals surface area contributed by atoms with Gasteiger partial charge in [0.25, 0.3) is 0 Å².